The number of amides is 1. The lowest BCUT2D eigenvalue weighted by Gasteiger charge is -2.17. The van der Waals surface area contributed by atoms with Crippen LogP contribution >= 0.6 is 45.8 Å². The normalized spacial score (nSPS) is 11.5. The summed E-state index contributed by atoms with van der Waals surface area (Å²) in [4.78, 5) is 35.7. The first kappa shape index (κ1) is 19.8. The van der Waals surface area contributed by atoms with Crippen LogP contribution in [0.4, 0.5) is 13.2 Å². The summed E-state index contributed by atoms with van der Waals surface area (Å²) in [6, 6.07) is 2.59. The average molecular weight is 508 g/mol. The van der Waals surface area contributed by atoms with E-state index < -0.39 is 29.0 Å². The topological polar surface area (TPSA) is 73.1 Å². The van der Waals surface area contributed by atoms with Gasteiger partial charge in [0.05, 0.1) is 19.3 Å². The van der Waals surface area contributed by atoms with Gasteiger partial charge in [-0.25, -0.2) is 9.36 Å². The third kappa shape index (κ3) is 4.01. The maximum atomic E-state index is 13.1. The first-order valence-corrected chi connectivity index (χ1v) is 8.15. The summed E-state index contributed by atoms with van der Waals surface area (Å²) >= 11 is 13.7. The second kappa shape index (κ2) is 7.00. The maximum absolute atomic E-state index is 13.1. The Hall–Kier alpha value is -1.53. The van der Waals surface area contributed by atoms with Crippen molar-refractivity contribution in [2.45, 2.75) is 13.1 Å². The van der Waals surface area contributed by atoms with Crippen molar-refractivity contribution in [2.75, 3.05) is 5.43 Å². The monoisotopic (exact) mass is 507 g/mol. The number of hydrogen-bond donors (Lipinski definition) is 1. The summed E-state index contributed by atoms with van der Waals surface area (Å²) in [6.07, 6.45) is -5.04. The largest absolute Gasteiger partial charge is 0.433 e. The molecule has 0 atom stereocenters. The first-order valence-electron chi connectivity index (χ1n) is 6.32. The molecule has 2 rings (SSSR count). The van der Waals surface area contributed by atoms with Gasteiger partial charge in [0.15, 0.2) is 5.69 Å². The number of nitrogens with zero attached hydrogens (tertiary/aromatic N) is 2. The molecule has 1 N–H and O–H groups in total. The molecule has 25 heavy (non-hydrogen) atoms. The number of alkyl halides is 3. The third-order valence-corrected chi connectivity index (χ3v) is 5.29. The molecule has 0 saturated heterocycles. The summed E-state index contributed by atoms with van der Waals surface area (Å²) in [5.74, 6) is -0.934. The average Bonchev–Trinajstić information content (AvgIpc) is 2.46. The number of nitrogens with one attached hydrogen (secondary N) is 1. The SMILES string of the molecule is CC(=O)Nn1c(C(F)(F)F)cc(=O)n(-c2cc(Cl)c(I)c(Cl)c2)c1=O. The third-order valence-electron chi connectivity index (χ3n) is 2.89. The molecular weight excluding hydrogens is 501 g/mol. The number of hydrogen-bond acceptors (Lipinski definition) is 3. The molecule has 134 valence electrons. The van der Waals surface area contributed by atoms with Gasteiger partial charge in [-0.1, -0.05) is 23.2 Å². The van der Waals surface area contributed by atoms with Crippen LogP contribution in [0, 0.1) is 3.57 Å². The van der Waals surface area contributed by atoms with Crippen molar-refractivity contribution in [2.24, 2.45) is 0 Å². The fourth-order valence-electron chi connectivity index (χ4n) is 1.93. The zero-order chi connectivity index (χ0) is 19.1. The lowest BCUT2D eigenvalue weighted by Crippen LogP contribution is -2.46. The van der Waals surface area contributed by atoms with E-state index in [1.165, 1.54) is 12.1 Å². The Kier molecular flexibility index (Phi) is 5.54. The molecule has 0 fully saturated rings. The summed E-state index contributed by atoms with van der Waals surface area (Å²) in [5, 5.41) is 0.195. The maximum Gasteiger partial charge on any atom is 0.433 e. The van der Waals surface area contributed by atoms with E-state index in [1.807, 2.05) is 22.6 Å². The van der Waals surface area contributed by atoms with Crippen LogP contribution in [0.15, 0.2) is 27.8 Å². The molecule has 2 aromatic rings. The molecule has 6 nitrogen and oxygen atoms in total. The van der Waals surface area contributed by atoms with Crippen molar-refractivity contribution in [1.29, 1.82) is 0 Å². The van der Waals surface area contributed by atoms with Gasteiger partial charge in [-0.3, -0.25) is 15.0 Å². The van der Waals surface area contributed by atoms with Crippen molar-refractivity contribution in [3.05, 3.63) is 58.3 Å². The van der Waals surface area contributed by atoms with Gasteiger partial charge < -0.3 is 0 Å². The summed E-state index contributed by atoms with van der Waals surface area (Å²) in [5.41, 5.74) is -2.70. The molecule has 0 spiro atoms. The number of aromatic nitrogens is 2. The smallest absolute Gasteiger partial charge is 0.274 e. The highest BCUT2D eigenvalue weighted by Crippen LogP contribution is 2.29. The highest BCUT2D eigenvalue weighted by molar-refractivity contribution is 14.1. The van der Waals surface area contributed by atoms with Gasteiger partial charge in [0, 0.05) is 13.0 Å². The van der Waals surface area contributed by atoms with E-state index in [-0.39, 0.29) is 26.5 Å². The summed E-state index contributed by atoms with van der Waals surface area (Å²) in [6.45, 7) is 0.917. The van der Waals surface area contributed by atoms with Gasteiger partial charge >= 0.3 is 11.9 Å². The van der Waals surface area contributed by atoms with Gasteiger partial charge in [-0.15, -0.1) is 0 Å². The lowest BCUT2D eigenvalue weighted by molar-refractivity contribution is -0.144. The molecule has 0 aliphatic rings. The van der Waals surface area contributed by atoms with Gasteiger partial charge in [-0.05, 0) is 34.7 Å². The molecular formula is C13H7Cl2F3IN3O3. The molecule has 0 aliphatic heterocycles. The lowest BCUT2D eigenvalue weighted by atomic mass is 10.3. The standard InChI is InChI=1S/C13H7Cl2F3IN3O3/c1-5(23)20-22-9(13(16,17)18)4-10(24)21(12(22)25)6-2-7(14)11(19)8(15)3-6/h2-4H,1H3,(H,20,23). The van der Waals surface area contributed by atoms with Crippen molar-refractivity contribution in [3.8, 4) is 5.69 Å². The van der Waals surface area contributed by atoms with Crippen LogP contribution in [0.2, 0.25) is 10.0 Å². The van der Waals surface area contributed by atoms with Crippen LogP contribution < -0.4 is 16.7 Å². The molecule has 1 heterocycles. The Labute approximate surface area is 161 Å². The molecule has 0 bridgehead atoms. The number of benzene rings is 1. The minimum absolute atomic E-state index is 0.0521. The van der Waals surface area contributed by atoms with E-state index in [0.29, 0.717) is 8.14 Å². The molecule has 0 radical (unpaired) electrons. The molecule has 0 saturated carbocycles. The van der Waals surface area contributed by atoms with E-state index in [1.54, 1.807) is 5.43 Å². The molecule has 0 aliphatic carbocycles. The van der Waals surface area contributed by atoms with Crippen LogP contribution in [0.1, 0.15) is 12.6 Å². The van der Waals surface area contributed by atoms with Crippen molar-refractivity contribution >= 4 is 51.7 Å². The number of carbonyl (C=O) groups excluding carboxylic acids is 1. The van der Waals surface area contributed by atoms with Gasteiger partial charge in [-0.2, -0.15) is 17.8 Å². The molecule has 1 amide bonds. The summed E-state index contributed by atoms with van der Waals surface area (Å²) in [7, 11) is 0. The Balaban J connectivity index is 2.88. The number of carbonyl (C=O) groups is 1. The van der Waals surface area contributed by atoms with Crippen molar-refractivity contribution < 1.29 is 18.0 Å². The second-order valence-corrected chi connectivity index (χ2v) is 6.60. The minimum Gasteiger partial charge on any atom is -0.274 e. The zero-order valence-electron chi connectivity index (χ0n) is 12.1. The highest BCUT2D eigenvalue weighted by Gasteiger charge is 2.36. The Morgan fingerprint density at radius 3 is 2.12 bits per heavy atom. The van der Waals surface area contributed by atoms with E-state index in [0.717, 1.165) is 6.92 Å². The predicted molar refractivity (Wildman–Crippen MR) is 94.1 cm³/mol. The predicted octanol–water partition coefficient (Wildman–Crippen LogP) is 3.02. The molecule has 0 unspecified atom stereocenters. The van der Waals surface area contributed by atoms with Gasteiger partial charge in [0.25, 0.3) is 5.56 Å². The van der Waals surface area contributed by atoms with Crippen LogP contribution in [-0.4, -0.2) is 15.2 Å². The van der Waals surface area contributed by atoms with E-state index in [4.69, 9.17) is 23.2 Å². The van der Waals surface area contributed by atoms with Crippen molar-refractivity contribution in [1.82, 2.24) is 9.24 Å². The fourth-order valence-corrected chi connectivity index (χ4v) is 2.71. The van der Waals surface area contributed by atoms with E-state index >= 15 is 0 Å². The van der Waals surface area contributed by atoms with Gasteiger partial charge in [0.2, 0.25) is 5.91 Å². The van der Waals surface area contributed by atoms with E-state index in [2.05, 4.69) is 0 Å². The van der Waals surface area contributed by atoms with Crippen LogP contribution in [-0.2, 0) is 11.0 Å². The Morgan fingerprint density at radius 2 is 1.68 bits per heavy atom. The number of halogens is 6. The summed E-state index contributed by atoms with van der Waals surface area (Å²) < 4.78 is 40.0. The zero-order valence-corrected chi connectivity index (χ0v) is 15.8. The van der Waals surface area contributed by atoms with Crippen LogP contribution in [0.25, 0.3) is 5.69 Å². The van der Waals surface area contributed by atoms with Crippen molar-refractivity contribution in [3.63, 3.8) is 0 Å². The van der Waals surface area contributed by atoms with Gasteiger partial charge in [0.1, 0.15) is 0 Å². The molecule has 1 aromatic carbocycles. The Morgan fingerprint density at radius 1 is 1.16 bits per heavy atom. The highest BCUT2D eigenvalue weighted by atomic mass is 127. The number of rotatable bonds is 2. The first-order chi connectivity index (χ1) is 11.4. The van der Waals surface area contributed by atoms with Crippen LogP contribution in [0.5, 0.6) is 0 Å². The quantitative estimate of drug-likeness (QED) is 0.501. The Bertz CT molecular complexity index is 962. The second-order valence-electron chi connectivity index (χ2n) is 4.71. The minimum atomic E-state index is -5.04. The van der Waals surface area contributed by atoms with Crippen LogP contribution in [0.3, 0.4) is 0 Å². The molecule has 12 heteroatoms. The molecule has 1 aromatic heterocycles. The van der Waals surface area contributed by atoms with E-state index in [9.17, 15) is 27.6 Å². The fraction of sp³-hybridized carbons (Fsp3) is 0.154.